The first kappa shape index (κ1) is 34.5. The van der Waals surface area contributed by atoms with Crippen molar-refractivity contribution in [1.29, 1.82) is 0 Å². The summed E-state index contributed by atoms with van der Waals surface area (Å²) in [6.07, 6.45) is 0. The molecule has 0 radical (unpaired) electrons. The fourth-order valence-electron chi connectivity index (χ4n) is 3.84. The second-order valence-corrected chi connectivity index (χ2v) is 10.4. The standard InChI is InChI=1S/C13H10O2.C13H12O.C7H5NS.C6H5Br/c14-13(15)12-8-6-11(7-9-12)10-4-2-1-3-5-10;14-10-11-6-8-13(9-7-11)12-4-2-1-3-5-12;9-6-8-7-4-2-1-3-5-7;7-6-4-2-1-3-5-6/h1-9H,(H,14,15);1-9,14H,10H2;1-5H;1-5H. The molecule has 0 heterocycles. The Morgan fingerprint density at radius 3 is 1.31 bits per heavy atom. The largest absolute Gasteiger partial charge is 0.478 e. The second kappa shape index (κ2) is 20.1. The molecule has 0 bridgehead atoms. The number of aliphatic hydroxyl groups is 1. The van der Waals surface area contributed by atoms with Gasteiger partial charge in [0, 0.05) is 4.47 Å². The third-order valence-corrected chi connectivity index (χ3v) is 6.77. The fraction of sp³-hybridized carbons (Fsp3) is 0.0256. The van der Waals surface area contributed by atoms with Crippen LogP contribution in [0.25, 0.3) is 22.3 Å². The van der Waals surface area contributed by atoms with E-state index in [0.29, 0.717) is 5.56 Å². The molecule has 224 valence electrons. The molecule has 6 rings (SSSR count). The summed E-state index contributed by atoms with van der Waals surface area (Å²) in [7, 11) is 0. The number of para-hydroxylation sites is 1. The molecule has 0 fully saturated rings. The van der Waals surface area contributed by atoms with E-state index in [4.69, 9.17) is 10.2 Å². The van der Waals surface area contributed by atoms with E-state index in [2.05, 4.69) is 50.4 Å². The molecule has 0 atom stereocenters. The number of isothiocyanates is 1. The van der Waals surface area contributed by atoms with Crippen molar-refractivity contribution in [3.8, 4) is 22.3 Å². The molecule has 6 aromatic rings. The van der Waals surface area contributed by atoms with Crippen LogP contribution in [0.15, 0.2) is 179 Å². The zero-order valence-corrected chi connectivity index (χ0v) is 26.8. The van der Waals surface area contributed by atoms with Crippen LogP contribution in [0.3, 0.4) is 0 Å². The Bertz CT molecular complexity index is 1730. The minimum absolute atomic E-state index is 0.106. The van der Waals surface area contributed by atoms with Crippen molar-refractivity contribution in [1.82, 2.24) is 0 Å². The summed E-state index contributed by atoms with van der Waals surface area (Å²) < 4.78 is 1.13. The van der Waals surface area contributed by atoms with E-state index in [1.54, 1.807) is 12.1 Å². The third kappa shape index (κ3) is 13.1. The van der Waals surface area contributed by atoms with Crippen LogP contribution in [0.1, 0.15) is 15.9 Å². The van der Waals surface area contributed by atoms with Crippen LogP contribution in [0.4, 0.5) is 5.69 Å². The number of thiocarbonyl (C=S) groups is 1. The minimum Gasteiger partial charge on any atom is -0.478 e. The molecule has 0 saturated carbocycles. The number of carbonyl (C=O) groups is 1. The summed E-state index contributed by atoms with van der Waals surface area (Å²) in [5.41, 5.74) is 6.63. The van der Waals surface area contributed by atoms with Gasteiger partial charge in [0.2, 0.25) is 0 Å². The number of aliphatic imine (C=N–C) groups is 1. The average molecular weight is 675 g/mol. The van der Waals surface area contributed by atoms with Crippen molar-refractivity contribution in [3.63, 3.8) is 0 Å². The highest BCUT2D eigenvalue weighted by atomic mass is 79.9. The van der Waals surface area contributed by atoms with Crippen molar-refractivity contribution in [2.45, 2.75) is 6.61 Å². The number of hydrogen-bond acceptors (Lipinski definition) is 4. The molecule has 45 heavy (non-hydrogen) atoms. The summed E-state index contributed by atoms with van der Waals surface area (Å²) in [5.74, 6) is -0.894. The molecule has 6 aromatic carbocycles. The van der Waals surface area contributed by atoms with Crippen molar-refractivity contribution >= 4 is 45.0 Å². The van der Waals surface area contributed by atoms with Crippen LogP contribution in [0.2, 0.25) is 0 Å². The smallest absolute Gasteiger partial charge is 0.335 e. The van der Waals surface area contributed by atoms with Crippen molar-refractivity contribution in [3.05, 3.63) is 185 Å². The van der Waals surface area contributed by atoms with E-state index in [1.807, 2.05) is 146 Å². The highest BCUT2D eigenvalue weighted by Gasteiger charge is 2.02. The van der Waals surface area contributed by atoms with Crippen LogP contribution in [0, 0.1) is 0 Å². The third-order valence-electron chi connectivity index (χ3n) is 6.15. The Morgan fingerprint density at radius 2 is 0.956 bits per heavy atom. The van der Waals surface area contributed by atoms with E-state index in [9.17, 15) is 4.79 Å². The van der Waals surface area contributed by atoms with E-state index < -0.39 is 5.97 Å². The van der Waals surface area contributed by atoms with Crippen LogP contribution >= 0.6 is 28.1 Å². The Balaban J connectivity index is 0.000000171. The molecule has 0 saturated heterocycles. The Labute approximate surface area is 278 Å². The van der Waals surface area contributed by atoms with E-state index >= 15 is 0 Å². The summed E-state index contributed by atoms with van der Waals surface area (Å²) in [5, 5.41) is 19.9. The maximum atomic E-state index is 10.6. The zero-order chi connectivity index (χ0) is 32.1. The first-order chi connectivity index (χ1) is 22.0. The highest BCUT2D eigenvalue weighted by molar-refractivity contribution is 9.10. The summed E-state index contributed by atoms with van der Waals surface area (Å²) >= 11 is 7.73. The van der Waals surface area contributed by atoms with Crippen LogP contribution in [-0.4, -0.2) is 21.3 Å². The quantitative estimate of drug-likeness (QED) is 0.141. The molecule has 0 aliphatic carbocycles. The summed E-state index contributed by atoms with van der Waals surface area (Å²) in [6, 6.07) is 54.4. The van der Waals surface area contributed by atoms with Gasteiger partial charge in [0.1, 0.15) is 0 Å². The number of aromatic carboxylic acids is 1. The highest BCUT2D eigenvalue weighted by Crippen LogP contribution is 2.20. The van der Waals surface area contributed by atoms with Crippen LogP contribution in [-0.2, 0) is 6.61 Å². The molecule has 0 aliphatic rings. The topological polar surface area (TPSA) is 69.9 Å². The van der Waals surface area contributed by atoms with Gasteiger partial charge in [-0.2, -0.15) is 4.99 Å². The van der Waals surface area contributed by atoms with Crippen molar-refractivity contribution in [2.75, 3.05) is 0 Å². The first-order valence-electron chi connectivity index (χ1n) is 14.0. The van der Waals surface area contributed by atoms with Gasteiger partial charge in [-0.3, -0.25) is 0 Å². The van der Waals surface area contributed by atoms with Gasteiger partial charge in [0.25, 0.3) is 0 Å². The van der Waals surface area contributed by atoms with Gasteiger partial charge in [-0.05, 0) is 76.4 Å². The van der Waals surface area contributed by atoms with E-state index in [0.717, 1.165) is 26.9 Å². The first-order valence-corrected chi connectivity index (χ1v) is 15.2. The van der Waals surface area contributed by atoms with Gasteiger partial charge in [-0.1, -0.05) is 149 Å². The Hall–Kier alpha value is -4.97. The molecular weight excluding hydrogens is 642 g/mol. The lowest BCUT2D eigenvalue weighted by Crippen LogP contribution is -1.94. The maximum absolute atomic E-state index is 10.6. The number of carboxylic acid groups (broad SMARTS) is 1. The fourth-order valence-corrected chi connectivity index (χ4v) is 4.25. The lowest BCUT2D eigenvalue weighted by atomic mass is 10.0. The lowest BCUT2D eigenvalue weighted by molar-refractivity contribution is 0.0697. The van der Waals surface area contributed by atoms with E-state index in [-0.39, 0.29) is 6.61 Å². The number of carboxylic acids is 1. The Kier molecular flexibility index (Phi) is 15.4. The molecule has 4 nitrogen and oxygen atoms in total. The molecule has 0 aromatic heterocycles. The summed E-state index contributed by atoms with van der Waals surface area (Å²) in [4.78, 5) is 14.4. The van der Waals surface area contributed by atoms with Gasteiger partial charge >= 0.3 is 5.97 Å². The molecule has 6 heteroatoms. The normalized spacial score (nSPS) is 9.38. The number of hydrogen-bond donors (Lipinski definition) is 2. The Morgan fingerprint density at radius 1 is 0.578 bits per heavy atom. The zero-order valence-electron chi connectivity index (χ0n) is 24.4. The SMILES string of the molecule is Brc1ccccc1.O=C(O)c1ccc(-c2ccccc2)cc1.OCc1ccc(-c2ccccc2)cc1.S=C=Nc1ccccc1. The predicted molar refractivity (Wildman–Crippen MR) is 192 cm³/mol. The molecular formula is C39H32BrNO3S. The monoisotopic (exact) mass is 673 g/mol. The molecule has 0 unspecified atom stereocenters. The molecule has 0 amide bonds. The number of nitrogens with zero attached hydrogens (tertiary/aromatic N) is 1. The van der Waals surface area contributed by atoms with Gasteiger partial charge in [-0.15, -0.1) is 0 Å². The number of rotatable bonds is 5. The average Bonchev–Trinajstić information content (AvgIpc) is 3.11. The van der Waals surface area contributed by atoms with Gasteiger partial charge in [0.15, 0.2) is 0 Å². The van der Waals surface area contributed by atoms with Crippen molar-refractivity contribution in [2.24, 2.45) is 4.99 Å². The van der Waals surface area contributed by atoms with Gasteiger partial charge < -0.3 is 10.2 Å². The number of benzene rings is 6. The van der Waals surface area contributed by atoms with Crippen molar-refractivity contribution < 1.29 is 15.0 Å². The lowest BCUT2D eigenvalue weighted by Gasteiger charge is -2.01. The predicted octanol–water partition coefficient (Wildman–Crippen LogP) is 10.8. The minimum atomic E-state index is -0.894. The summed E-state index contributed by atoms with van der Waals surface area (Å²) in [6.45, 7) is 0.106. The molecule has 0 spiro atoms. The number of aliphatic hydroxyl groups excluding tert-OH is 1. The second-order valence-electron chi connectivity index (χ2n) is 9.30. The van der Waals surface area contributed by atoms with Crippen LogP contribution < -0.4 is 0 Å². The number of halogens is 1. The van der Waals surface area contributed by atoms with Crippen LogP contribution in [0.5, 0.6) is 0 Å². The molecule has 2 N–H and O–H groups in total. The van der Waals surface area contributed by atoms with Gasteiger partial charge in [-0.25, -0.2) is 4.79 Å². The van der Waals surface area contributed by atoms with E-state index in [1.165, 1.54) is 11.1 Å². The maximum Gasteiger partial charge on any atom is 0.335 e. The molecule has 0 aliphatic heterocycles. The van der Waals surface area contributed by atoms with Gasteiger partial charge in [0.05, 0.1) is 23.0 Å².